The van der Waals surface area contributed by atoms with Crippen LogP contribution in [0.4, 0.5) is 0 Å². The van der Waals surface area contributed by atoms with Gasteiger partial charge in [-0.05, 0) is 12.2 Å². The molecule has 0 fully saturated rings. The van der Waals surface area contributed by atoms with Gasteiger partial charge in [0.15, 0.2) is 5.11 Å². The van der Waals surface area contributed by atoms with Gasteiger partial charge in [0.2, 0.25) is 11.8 Å². The zero-order valence-electron chi connectivity index (χ0n) is 7.14. The highest BCUT2D eigenvalue weighted by Crippen LogP contribution is 1.78. The zero-order chi connectivity index (χ0) is 9.56. The SMILES string of the molecule is CCC(=O)NC(=S)NC(=O)CC. The average Bonchev–Trinajstić information content (AvgIpc) is 2.03. The number of hydrogen-bond donors (Lipinski definition) is 2. The van der Waals surface area contributed by atoms with Crippen molar-refractivity contribution in [1.82, 2.24) is 10.6 Å². The summed E-state index contributed by atoms with van der Waals surface area (Å²) in [5.41, 5.74) is 0. The van der Waals surface area contributed by atoms with Gasteiger partial charge in [-0.2, -0.15) is 0 Å². The normalized spacial score (nSPS) is 8.83. The first-order valence-electron chi connectivity index (χ1n) is 3.73. The fourth-order valence-electron chi connectivity index (χ4n) is 0.461. The Labute approximate surface area is 76.7 Å². The van der Waals surface area contributed by atoms with Gasteiger partial charge in [0, 0.05) is 12.8 Å². The number of rotatable bonds is 2. The Balaban J connectivity index is 3.74. The predicted octanol–water partition coefficient (Wildman–Crippen LogP) is 0.324. The first kappa shape index (κ1) is 11.0. The molecule has 12 heavy (non-hydrogen) atoms. The molecule has 0 aromatic rings. The lowest BCUT2D eigenvalue weighted by Crippen LogP contribution is -2.41. The van der Waals surface area contributed by atoms with Gasteiger partial charge >= 0.3 is 0 Å². The molecule has 0 heterocycles. The number of amides is 2. The molecule has 68 valence electrons. The van der Waals surface area contributed by atoms with Crippen molar-refractivity contribution < 1.29 is 9.59 Å². The van der Waals surface area contributed by atoms with Crippen molar-refractivity contribution in [1.29, 1.82) is 0 Å². The second-order valence-corrected chi connectivity index (χ2v) is 2.54. The summed E-state index contributed by atoms with van der Waals surface area (Å²) in [6, 6.07) is 0. The van der Waals surface area contributed by atoms with Crippen LogP contribution >= 0.6 is 12.2 Å². The molecule has 4 nitrogen and oxygen atoms in total. The Morgan fingerprint density at radius 3 is 1.67 bits per heavy atom. The summed E-state index contributed by atoms with van der Waals surface area (Å²) in [5, 5.41) is 4.79. The molecule has 0 aromatic heterocycles. The van der Waals surface area contributed by atoms with Crippen molar-refractivity contribution in [2.24, 2.45) is 0 Å². The highest BCUT2D eigenvalue weighted by molar-refractivity contribution is 7.80. The molecule has 0 saturated heterocycles. The summed E-state index contributed by atoms with van der Waals surface area (Å²) in [4.78, 5) is 21.5. The van der Waals surface area contributed by atoms with Crippen molar-refractivity contribution in [3.05, 3.63) is 0 Å². The summed E-state index contributed by atoms with van der Waals surface area (Å²) in [7, 11) is 0. The number of nitrogens with one attached hydrogen (secondary N) is 2. The lowest BCUT2D eigenvalue weighted by Gasteiger charge is -2.05. The van der Waals surface area contributed by atoms with Crippen molar-refractivity contribution in [3.63, 3.8) is 0 Å². The Morgan fingerprint density at radius 1 is 1.08 bits per heavy atom. The van der Waals surface area contributed by atoms with E-state index >= 15 is 0 Å². The van der Waals surface area contributed by atoms with Crippen LogP contribution in [-0.4, -0.2) is 16.9 Å². The second-order valence-electron chi connectivity index (χ2n) is 2.13. The van der Waals surface area contributed by atoms with Crippen LogP contribution in [0.3, 0.4) is 0 Å². The van der Waals surface area contributed by atoms with Gasteiger partial charge in [0.25, 0.3) is 0 Å². The molecule has 5 heteroatoms. The zero-order valence-corrected chi connectivity index (χ0v) is 7.96. The largest absolute Gasteiger partial charge is 0.303 e. The van der Waals surface area contributed by atoms with Crippen LogP contribution < -0.4 is 10.6 Å². The minimum atomic E-state index is -0.198. The van der Waals surface area contributed by atoms with E-state index in [4.69, 9.17) is 0 Å². The molecule has 2 N–H and O–H groups in total. The van der Waals surface area contributed by atoms with Gasteiger partial charge in [-0.15, -0.1) is 0 Å². The van der Waals surface area contributed by atoms with Crippen molar-refractivity contribution >= 4 is 29.1 Å². The first-order chi connectivity index (χ1) is 5.60. The number of thiocarbonyl (C=S) groups is 1. The van der Waals surface area contributed by atoms with E-state index in [1.54, 1.807) is 13.8 Å². The van der Waals surface area contributed by atoms with Gasteiger partial charge in [0.05, 0.1) is 0 Å². The summed E-state index contributed by atoms with van der Waals surface area (Å²) < 4.78 is 0. The van der Waals surface area contributed by atoms with Gasteiger partial charge < -0.3 is 10.6 Å². The van der Waals surface area contributed by atoms with Crippen molar-refractivity contribution in [2.75, 3.05) is 0 Å². The van der Waals surface area contributed by atoms with Crippen LogP contribution in [0, 0.1) is 0 Å². The third-order valence-electron chi connectivity index (χ3n) is 1.15. The van der Waals surface area contributed by atoms with Crippen LogP contribution in [0.15, 0.2) is 0 Å². The van der Waals surface area contributed by atoms with Crippen LogP contribution in [0.1, 0.15) is 26.7 Å². The number of hydrogen-bond acceptors (Lipinski definition) is 3. The molecule has 0 aromatic carbocycles. The third kappa shape index (κ3) is 4.79. The molecule has 0 atom stereocenters. The minimum absolute atomic E-state index is 0.0775. The Hall–Kier alpha value is -0.970. The van der Waals surface area contributed by atoms with Gasteiger partial charge in [-0.3, -0.25) is 9.59 Å². The highest BCUT2D eigenvalue weighted by atomic mass is 32.1. The van der Waals surface area contributed by atoms with Crippen LogP contribution in [-0.2, 0) is 9.59 Å². The Bertz CT molecular complexity index is 184. The van der Waals surface area contributed by atoms with Crippen molar-refractivity contribution in [2.45, 2.75) is 26.7 Å². The van der Waals surface area contributed by atoms with E-state index in [9.17, 15) is 9.59 Å². The third-order valence-corrected chi connectivity index (χ3v) is 1.35. The van der Waals surface area contributed by atoms with Crippen LogP contribution in [0.25, 0.3) is 0 Å². The van der Waals surface area contributed by atoms with E-state index in [2.05, 4.69) is 22.9 Å². The summed E-state index contributed by atoms with van der Waals surface area (Å²) in [6.07, 6.45) is 0.699. The molecule has 0 bridgehead atoms. The number of carbonyl (C=O) groups is 2. The maximum atomic E-state index is 10.7. The maximum absolute atomic E-state index is 10.7. The molecule has 0 spiro atoms. The van der Waals surface area contributed by atoms with E-state index < -0.39 is 0 Å². The molecule has 2 amide bonds. The summed E-state index contributed by atoms with van der Waals surface area (Å²) in [6.45, 7) is 3.42. The fourth-order valence-corrected chi connectivity index (χ4v) is 0.689. The predicted molar refractivity (Wildman–Crippen MR) is 49.5 cm³/mol. The van der Waals surface area contributed by atoms with Gasteiger partial charge in [-0.1, -0.05) is 13.8 Å². The Morgan fingerprint density at radius 2 is 1.42 bits per heavy atom. The van der Waals surface area contributed by atoms with E-state index in [1.165, 1.54) is 0 Å². The van der Waals surface area contributed by atoms with Gasteiger partial charge in [0.1, 0.15) is 0 Å². The van der Waals surface area contributed by atoms with E-state index in [-0.39, 0.29) is 16.9 Å². The highest BCUT2D eigenvalue weighted by Gasteiger charge is 2.03. The van der Waals surface area contributed by atoms with Crippen LogP contribution in [0.2, 0.25) is 0 Å². The number of carbonyl (C=O) groups excluding carboxylic acids is 2. The van der Waals surface area contributed by atoms with Crippen molar-refractivity contribution in [3.8, 4) is 0 Å². The molecule has 0 rings (SSSR count). The maximum Gasteiger partial charge on any atom is 0.225 e. The molecular weight excluding hydrogens is 176 g/mol. The monoisotopic (exact) mass is 188 g/mol. The Kier molecular flexibility index (Phi) is 5.19. The molecule has 0 aliphatic heterocycles. The average molecular weight is 188 g/mol. The van der Waals surface area contributed by atoms with E-state index in [1.807, 2.05) is 0 Å². The second kappa shape index (κ2) is 5.65. The minimum Gasteiger partial charge on any atom is -0.303 e. The smallest absolute Gasteiger partial charge is 0.225 e. The fraction of sp³-hybridized carbons (Fsp3) is 0.571. The van der Waals surface area contributed by atoms with Gasteiger partial charge in [-0.25, -0.2) is 0 Å². The lowest BCUT2D eigenvalue weighted by atomic mass is 10.4. The molecule has 0 radical (unpaired) electrons. The van der Waals surface area contributed by atoms with E-state index in [0.717, 1.165) is 0 Å². The quantitative estimate of drug-likeness (QED) is 0.614. The topological polar surface area (TPSA) is 58.2 Å². The summed E-state index contributed by atoms with van der Waals surface area (Å²) >= 11 is 4.68. The molecule has 0 unspecified atom stereocenters. The molecule has 0 aliphatic carbocycles. The molecule has 0 aliphatic rings. The first-order valence-corrected chi connectivity index (χ1v) is 4.14. The summed E-state index contributed by atoms with van der Waals surface area (Å²) in [5.74, 6) is -0.396. The van der Waals surface area contributed by atoms with Crippen LogP contribution in [0.5, 0.6) is 0 Å². The van der Waals surface area contributed by atoms with E-state index in [0.29, 0.717) is 12.8 Å². The molecular formula is C7H12N2O2S. The lowest BCUT2D eigenvalue weighted by molar-refractivity contribution is -0.119. The standard InChI is InChI=1S/C7H12N2O2S/c1-3-5(10)8-7(12)9-6(11)4-2/h3-4H2,1-2H3,(H2,8,9,10,11,12). The molecule has 0 saturated carbocycles.